The van der Waals surface area contributed by atoms with Crippen LogP contribution in [0.5, 0.6) is 5.88 Å². The largest absolute Gasteiger partial charge is 0.472 e. The van der Waals surface area contributed by atoms with Gasteiger partial charge in [-0.15, -0.1) is 0 Å². The minimum atomic E-state index is -0.452. The van der Waals surface area contributed by atoms with E-state index in [0.717, 1.165) is 31.2 Å². The van der Waals surface area contributed by atoms with Crippen LogP contribution in [0.1, 0.15) is 65.8 Å². The Morgan fingerprint density at radius 3 is 2.72 bits per heavy atom. The van der Waals surface area contributed by atoms with Gasteiger partial charge in [-0.1, -0.05) is 13.0 Å². The van der Waals surface area contributed by atoms with E-state index in [1.54, 1.807) is 23.0 Å². The molecule has 0 unspecified atom stereocenters. The predicted molar refractivity (Wildman–Crippen MR) is 135 cm³/mol. The van der Waals surface area contributed by atoms with Gasteiger partial charge in [-0.2, -0.15) is 0 Å². The van der Waals surface area contributed by atoms with Gasteiger partial charge < -0.3 is 19.6 Å². The summed E-state index contributed by atoms with van der Waals surface area (Å²) in [6.45, 7) is 4.21. The van der Waals surface area contributed by atoms with Gasteiger partial charge in [0.05, 0.1) is 19.2 Å². The van der Waals surface area contributed by atoms with Crippen LogP contribution < -0.4 is 4.74 Å². The second-order valence-electron chi connectivity index (χ2n) is 9.87. The van der Waals surface area contributed by atoms with Crippen LogP contribution in [0.4, 0.5) is 4.39 Å². The monoisotopic (exact) mass is 495 g/mol. The highest BCUT2D eigenvalue weighted by Gasteiger charge is 2.35. The lowest BCUT2D eigenvalue weighted by atomic mass is 9.93. The van der Waals surface area contributed by atoms with E-state index in [4.69, 9.17) is 4.74 Å². The molecule has 2 amide bonds. The van der Waals surface area contributed by atoms with Crippen LogP contribution in [-0.4, -0.2) is 70.6 Å². The molecule has 1 aliphatic carbocycles. The lowest BCUT2D eigenvalue weighted by Crippen LogP contribution is -2.50. The third kappa shape index (κ3) is 5.59. The minimum Gasteiger partial charge on any atom is -0.472 e. The molecule has 0 saturated carbocycles. The molecule has 3 atom stereocenters. The molecule has 0 saturated heterocycles. The predicted octanol–water partition coefficient (Wildman–Crippen LogP) is 4.17. The van der Waals surface area contributed by atoms with Crippen molar-refractivity contribution in [2.45, 2.75) is 51.7 Å². The fourth-order valence-electron chi connectivity index (χ4n) is 4.76. The number of aliphatic hydroxyl groups is 1. The lowest BCUT2D eigenvalue weighted by molar-refractivity contribution is 0.0313. The maximum atomic E-state index is 13.6. The molecular formula is C28H34FN3O4. The van der Waals surface area contributed by atoms with Crippen LogP contribution in [0.25, 0.3) is 5.57 Å². The number of aliphatic hydroxyl groups excluding tert-OH is 1. The number of likely N-dealkylation sites (N-methyl/N-ethyl adjacent to an activating group) is 1. The average Bonchev–Trinajstić information content (AvgIpc) is 2.90. The first-order valence-electron chi connectivity index (χ1n) is 12.6. The Hall–Kier alpha value is -3.26. The Labute approximate surface area is 211 Å². The molecule has 7 nitrogen and oxygen atoms in total. The zero-order valence-corrected chi connectivity index (χ0v) is 21.1. The molecule has 0 radical (unpaired) electrons. The molecule has 0 bridgehead atoms. The Morgan fingerprint density at radius 2 is 2.06 bits per heavy atom. The summed E-state index contributed by atoms with van der Waals surface area (Å²) in [5, 5.41) is 9.86. The van der Waals surface area contributed by atoms with Crippen molar-refractivity contribution in [3.8, 4) is 5.88 Å². The number of aromatic nitrogens is 1. The first-order valence-corrected chi connectivity index (χ1v) is 12.6. The first kappa shape index (κ1) is 25.8. The molecule has 1 aromatic heterocycles. The highest BCUT2D eigenvalue weighted by molar-refractivity contribution is 5.97. The van der Waals surface area contributed by atoms with Crippen LogP contribution in [0.3, 0.4) is 0 Å². The standard InChI is InChI=1S/C28H34FN3O4/c1-18-15-32(19(2)17-33)28(35)24-13-22(20-7-5-4-6-8-20)14-30-26(24)36-25(18)16-31(3)27(34)21-9-11-23(29)12-10-21/h7,9-14,18-19,25,33H,4-6,8,15-17H2,1-3H3/t18-,19+,25+/m1/s1. The number of hydrogen-bond acceptors (Lipinski definition) is 5. The molecular weight excluding hydrogens is 461 g/mol. The number of hydrogen-bond donors (Lipinski definition) is 1. The van der Waals surface area contributed by atoms with Crippen molar-refractivity contribution >= 4 is 17.4 Å². The topological polar surface area (TPSA) is 83.0 Å². The fraction of sp³-hybridized carbons (Fsp3) is 0.464. The molecule has 2 aromatic rings. The molecule has 1 aliphatic heterocycles. The van der Waals surface area contributed by atoms with Crippen LogP contribution in [0, 0.1) is 11.7 Å². The fourth-order valence-corrected chi connectivity index (χ4v) is 4.76. The quantitative estimate of drug-likeness (QED) is 0.651. The summed E-state index contributed by atoms with van der Waals surface area (Å²) in [6.07, 6.45) is 7.73. The molecule has 2 heterocycles. The van der Waals surface area contributed by atoms with Gasteiger partial charge in [0.1, 0.15) is 17.5 Å². The summed E-state index contributed by atoms with van der Waals surface area (Å²) in [5.74, 6) is -0.799. The van der Waals surface area contributed by atoms with Gasteiger partial charge in [-0.25, -0.2) is 9.37 Å². The summed E-state index contributed by atoms with van der Waals surface area (Å²) in [4.78, 5) is 34.3. The average molecular weight is 496 g/mol. The number of amides is 2. The maximum Gasteiger partial charge on any atom is 0.259 e. The van der Waals surface area contributed by atoms with Crippen molar-refractivity contribution in [1.29, 1.82) is 0 Å². The Kier molecular flexibility index (Phi) is 8.04. The van der Waals surface area contributed by atoms with E-state index in [-0.39, 0.29) is 42.8 Å². The summed E-state index contributed by atoms with van der Waals surface area (Å²) in [5.41, 5.74) is 2.84. The van der Waals surface area contributed by atoms with E-state index >= 15 is 0 Å². The van der Waals surface area contributed by atoms with Gasteiger partial charge >= 0.3 is 0 Å². The number of carbonyl (C=O) groups excluding carboxylic acids is 2. The van der Waals surface area contributed by atoms with Gasteiger partial charge in [-0.3, -0.25) is 9.59 Å². The first-order chi connectivity index (χ1) is 17.3. The molecule has 2 aliphatic rings. The highest BCUT2D eigenvalue weighted by atomic mass is 19.1. The third-order valence-electron chi connectivity index (χ3n) is 7.07. The zero-order chi connectivity index (χ0) is 25.8. The number of allylic oxidation sites excluding steroid dienone is 2. The van der Waals surface area contributed by atoms with Crippen molar-refractivity contribution in [3.63, 3.8) is 0 Å². The molecule has 0 spiro atoms. The number of pyridine rings is 1. The molecule has 36 heavy (non-hydrogen) atoms. The van der Waals surface area contributed by atoms with Gasteiger partial charge in [0.2, 0.25) is 5.88 Å². The molecule has 8 heteroatoms. The number of nitrogens with zero attached hydrogens (tertiary/aromatic N) is 3. The van der Waals surface area contributed by atoms with Crippen molar-refractivity contribution in [2.24, 2.45) is 5.92 Å². The maximum absolute atomic E-state index is 13.6. The highest BCUT2D eigenvalue weighted by Crippen LogP contribution is 2.32. The molecule has 0 fully saturated rings. The number of ether oxygens (including phenoxy) is 1. The van der Waals surface area contributed by atoms with Gasteiger partial charge in [0.15, 0.2) is 0 Å². The van der Waals surface area contributed by atoms with Crippen LogP contribution in [0.15, 0.2) is 42.6 Å². The number of fused-ring (bicyclic) bond motifs is 1. The van der Waals surface area contributed by atoms with Gasteiger partial charge in [0, 0.05) is 31.3 Å². The minimum absolute atomic E-state index is 0.151. The van der Waals surface area contributed by atoms with E-state index in [9.17, 15) is 19.1 Å². The molecule has 4 rings (SSSR count). The van der Waals surface area contributed by atoms with Crippen LogP contribution in [0.2, 0.25) is 0 Å². The number of benzene rings is 1. The Bertz CT molecular complexity index is 1130. The number of halogens is 1. The van der Waals surface area contributed by atoms with Crippen LogP contribution >= 0.6 is 0 Å². The second-order valence-corrected chi connectivity index (χ2v) is 9.87. The van der Waals surface area contributed by atoms with Crippen molar-refractivity contribution in [3.05, 3.63) is 65.1 Å². The molecule has 1 aromatic carbocycles. The third-order valence-corrected chi connectivity index (χ3v) is 7.07. The van der Waals surface area contributed by atoms with Crippen molar-refractivity contribution in [1.82, 2.24) is 14.8 Å². The van der Waals surface area contributed by atoms with E-state index in [1.165, 1.54) is 29.8 Å². The normalized spacial score (nSPS) is 21.0. The van der Waals surface area contributed by atoms with E-state index < -0.39 is 11.9 Å². The summed E-state index contributed by atoms with van der Waals surface area (Å²) >= 11 is 0. The van der Waals surface area contributed by atoms with E-state index in [2.05, 4.69) is 11.1 Å². The smallest absolute Gasteiger partial charge is 0.259 e. The molecule has 192 valence electrons. The van der Waals surface area contributed by atoms with Gasteiger partial charge in [0.25, 0.3) is 11.8 Å². The van der Waals surface area contributed by atoms with Crippen molar-refractivity contribution < 1.29 is 23.8 Å². The summed E-state index contributed by atoms with van der Waals surface area (Å²) in [6, 6.07) is 6.89. The van der Waals surface area contributed by atoms with E-state index in [1.807, 2.05) is 19.9 Å². The summed E-state index contributed by atoms with van der Waals surface area (Å²) in [7, 11) is 1.67. The molecule has 1 N–H and O–H groups in total. The summed E-state index contributed by atoms with van der Waals surface area (Å²) < 4.78 is 19.6. The van der Waals surface area contributed by atoms with Gasteiger partial charge in [-0.05, 0) is 74.1 Å². The number of carbonyl (C=O) groups is 2. The second kappa shape index (κ2) is 11.2. The number of rotatable bonds is 6. The van der Waals surface area contributed by atoms with E-state index in [0.29, 0.717) is 17.7 Å². The Balaban J connectivity index is 1.64. The Morgan fingerprint density at radius 1 is 1.31 bits per heavy atom. The van der Waals surface area contributed by atoms with Crippen LogP contribution in [-0.2, 0) is 0 Å². The zero-order valence-electron chi connectivity index (χ0n) is 21.1. The lowest BCUT2D eigenvalue weighted by Gasteiger charge is -2.37. The van der Waals surface area contributed by atoms with Crippen molar-refractivity contribution in [2.75, 3.05) is 26.7 Å². The SMILES string of the molecule is C[C@@H]1CN([C@@H](C)CO)C(=O)c2cc(C3=CCCCC3)cnc2O[C@H]1CN(C)C(=O)c1ccc(F)cc1.